The number of hydrogen-bond acceptors (Lipinski definition) is 3. The largest absolute Gasteiger partial charge is 0.384 e. The minimum absolute atomic E-state index is 0.124. The van der Waals surface area contributed by atoms with Crippen molar-refractivity contribution in [1.29, 1.82) is 0 Å². The van der Waals surface area contributed by atoms with Crippen LogP contribution in [0, 0.1) is 11.8 Å². The van der Waals surface area contributed by atoms with Gasteiger partial charge in [-0.3, -0.25) is 4.79 Å². The first-order valence-corrected chi connectivity index (χ1v) is 7.65. The molecule has 21 heavy (non-hydrogen) atoms. The molecule has 1 amide bonds. The lowest BCUT2D eigenvalue weighted by Gasteiger charge is -2.09. The number of hydrogen-bond donors (Lipinski definition) is 2. The van der Waals surface area contributed by atoms with Crippen LogP contribution in [0.2, 0.25) is 0 Å². The van der Waals surface area contributed by atoms with Crippen molar-refractivity contribution in [3.63, 3.8) is 0 Å². The normalized spacial score (nSPS) is 9.81. The molecule has 0 atom stereocenters. The van der Waals surface area contributed by atoms with Gasteiger partial charge in [0.1, 0.15) is 6.61 Å². The number of carbonyl (C=O) groups is 1. The van der Waals surface area contributed by atoms with E-state index in [1.807, 2.05) is 24.3 Å². The minimum atomic E-state index is -0.177. The molecule has 3 nitrogen and oxygen atoms in total. The molecule has 1 heterocycles. The van der Waals surface area contributed by atoms with Gasteiger partial charge in [0.25, 0.3) is 5.91 Å². The first kappa shape index (κ1) is 15.3. The molecule has 0 bridgehead atoms. The maximum Gasteiger partial charge on any atom is 0.265 e. The van der Waals surface area contributed by atoms with Crippen molar-refractivity contribution in [2.45, 2.75) is 19.8 Å². The fraction of sp³-hybridized carbons (Fsp3) is 0.235. The number of para-hydroxylation sites is 1. The molecule has 2 rings (SSSR count). The number of aryl methyl sites for hydroxylation is 1. The number of amides is 1. The molecule has 0 fully saturated rings. The lowest BCUT2D eigenvalue weighted by atomic mass is 10.1. The number of aliphatic hydroxyl groups excluding tert-OH is 1. The average Bonchev–Trinajstić information content (AvgIpc) is 2.96. The Hall–Kier alpha value is -2.09. The van der Waals surface area contributed by atoms with E-state index in [0.29, 0.717) is 4.88 Å². The lowest BCUT2D eigenvalue weighted by Crippen LogP contribution is -2.11. The molecule has 0 radical (unpaired) electrons. The molecule has 1 aromatic carbocycles. The van der Waals surface area contributed by atoms with E-state index in [1.54, 1.807) is 12.1 Å². The molecule has 4 heteroatoms. The Morgan fingerprint density at radius 1 is 1.29 bits per heavy atom. The van der Waals surface area contributed by atoms with Gasteiger partial charge in [0.2, 0.25) is 0 Å². The predicted octanol–water partition coefficient (Wildman–Crippen LogP) is 3.30. The summed E-state index contributed by atoms with van der Waals surface area (Å²) in [6.45, 7) is 1.94. The summed E-state index contributed by atoms with van der Waals surface area (Å²) in [4.78, 5) is 13.6. The van der Waals surface area contributed by atoms with E-state index in [2.05, 4.69) is 24.1 Å². The van der Waals surface area contributed by atoms with E-state index in [0.717, 1.165) is 29.0 Å². The highest BCUT2D eigenvalue weighted by Crippen LogP contribution is 2.20. The van der Waals surface area contributed by atoms with Crippen molar-refractivity contribution in [2.75, 3.05) is 11.9 Å². The zero-order valence-corrected chi connectivity index (χ0v) is 12.7. The summed E-state index contributed by atoms with van der Waals surface area (Å²) in [5.41, 5.74) is 2.01. The van der Waals surface area contributed by atoms with Gasteiger partial charge in [0.15, 0.2) is 0 Å². The maximum atomic E-state index is 12.3. The molecule has 108 valence electrons. The fourth-order valence-corrected chi connectivity index (χ4v) is 2.74. The highest BCUT2D eigenvalue weighted by atomic mass is 32.1. The quantitative estimate of drug-likeness (QED) is 0.851. The number of nitrogens with one attached hydrogen (secondary N) is 1. The van der Waals surface area contributed by atoms with Crippen molar-refractivity contribution >= 4 is 22.9 Å². The van der Waals surface area contributed by atoms with Gasteiger partial charge in [-0.05, 0) is 30.2 Å². The van der Waals surface area contributed by atoms with Crippen LogP contribution in [0.3, 0.4) is 0 Å². The number of aliphatic hydroxyl groups is 1. The third kappa shape index (κ3) is 4.19. The van der Waals surface area contributed by atoms with Gasteiger partial charge in [-0.2, -0.15) is 0 Å². The molecule has 2 aromatic rings. The number of carbonyl (C=O) groups excluding carboxylic acids is 1. The van der Waals surface area contributed by atoms with Gasteiger partial charge in [-0.25, -0.2) is 0 Å². The second-order valence-corrected chi connectivity index (χ2v) is 5.57. The summed E-state index contributed by atoms with van der Waals surface area (Å²) < 4.78 is 0. The van der Waals surface area contributed by atoms with Gasteiger partial charge in [0, 0.05) is 5.69 Å². The monoisotopic (exact) mass is 299 g/mol. The SMILES string of the molecule is CCCc1ccccc1NC(=O)c1ccc(C#CCO)s1. The van der Waals surface area contributed by atoms with Crippen molar-refractivity contribution in [3.05, 3.63) is 51.7 Å². The molecular weight excluding hydrogens is 282 g/mol. The number of thiophene rings is 1. The number of benzene rings is 1. The van der Waals surface area contributed by atoms with E-state index in [4.69, 9.17) is 5.11 Å². The van der Waals surface area contributed by atoms with Crippen LogP contribution in [0.5, 0.6) is 0 Å². The molecule has 0 saturated carbocycles. The molecule has 0 aliphatic carbocycles. The number of anilines is 1. The summed E-state index contributed by atoms with van der Waals surface area (Å²) in [6.07, 6.45) is 1.97. The van der Waals surface area contributed by atoms with Crippen LogP contribution in [-0.2, 0) is 6.42 Å². The molecule has 1 aromatic heterocycles. The van der Waals surface area contributed by atoms with E-state index >= 15 is 0 Å². The Balaban J connectivity index is 2.13. The van der Waals surface area contributed by atoms with Crippen molar-refractivity contribution in [2.24, 2.45) is 0 Å². The van der Waals surface area contributed by atoms with Crippen LogP contribution >= 0.6 is 11.3 Å². The molecule has 0 aliphatic heterocycles. The summed E-state index contributed by atoms with van der Waals surface area (Å²) in [5.74, 6) is 5.26. The van der Waals surface area contributed by atoms with Crippen LogP contribution in [-0.4, -0.2) is 17.6 Å². The summed E-state index contributed by atoms with van der Waals surface area (Å²) in [6, 6.07) is 11.4. The highest BCUT2D eigenvalue weighted by molar-refractivity contribution is 7.14. The van der Waals surface area contributed by atoms with Crippen LogP contribution in [0.25, 0.3) is 0 Å². The van der Waals surface area contributed by atoms with Crippen LogP contribution in [0.1, 0.15) is 33.5 Å². The van der Waals surface area contributed by atoms with Gasteiger partial charge in [0.05, 0.1) is 9.75 Å². The van der Waals surface area contributed by atoms with Crippen LogP contribution in [0.15, 0.2) is 36.4 Å². The molecule has 0 unspecified atom stereocenters. The first-order valence-electron chi connectivity index (χ1n) is 6.83. The van der Waals surface area contributed by atoms with E-state index in [-0.39, 0.29) is 12.5 Å². The standard InChI is InChI=1S/C17H17NO2S/c1-2-6-13-7-3-4-9-15(13)18-17(20)16-11-10-14(21-16)8-5-12-19/h3-4,7,9-11,19H,2,6,12H2,1H3,(H,18,20). The zero-order chi connectivity index (χ0) is 15.1. The predicted molar refractivity (Wildman–Crippen MR) is 86.7 cm³/mol. The van der Waals surface area contributed by atoms with Crippen LogP contribution < -0.4 is 5.32 Å². The van der Waals surface area contributed by atoms with Crippen molar-refractivity contribution in [1.82, 2.24) is 0 Å². The van der Waals surface area contributed by atoms with E-state index < -0.39 is 0 Å². The Bertz CT molecular complexity index is 679. The average molecular weight is 299 g/mol. The second kappa shape index (κ2) is 7.63. The smallest absolute Gasteiger partial charge is 0.265 e. The zero-order valence-electron chi connectivity index (χ0n) is 11.8. The summed E-state index contributed by atoms with van der Waals surface area (Å²) in [7, 11) is 0. The highest BCUT2D eigenvalue weighted by Gasteiger charge is 2.10. The Morgan fingerprint density at radius 3 is 2.86 bits per heavy atom. The maximum absolute atomic E-state index is 12.3. The van der Waals surface area contributed by atoms with Crippen molar-refractivity contribution in [3.8, 4) is 11.8 Å². The molecular formula is C17H17NO2S. The number of rotatable bonds is 4. The summed E-state index contributed by atoms with van der Waals surface area (Å²) >= 11 is 1.32. The fourth-order valence-electron chi connectivity index (χ4n) is 1.97. The van der Waals surface area contributed by atoms with E-state index in [9.17, 15) is 4.79 Å². The molecule has 0 spiro atoms. The van der Waals surface area contributed by atoms with Gasteiger partial charge >= 0.3 is 0 Å². The van der Waals surface area contributed by atoms with E-state index in [1.165, 1.54) is 11.3 Å². The molecule has 2 N–H and O–H groups in total. The Labute approximate surface area is 128 Å². The Morgan fingerprint density at radius 2 is 2.10 bits per heavy atom. The Kier molecular flexibility index (Phi) is 5.56. The molecule has 0 aliphatic rings. The first-order chi connectivity index (χ1) is 10.2. The van der Waals surface area contributed by atoms with Gasteiger partial charge in [-0.1, -0.05) is 43.4 Å². The van der Waals surface area contributed by atoms with Gasteiger partial charge < -0.3 is 10.4 Å². The van der Waals surface area contributed by atoms with Gasteiger partial charge in [-0.15, -0.1) is 11.3 Å². The topological polar surface area (TPSA) is 49.3 Å². The minimum Gasteiger partial charge on any atom is -0.384 e. The second-order valence-electron chi connectivity index (χ2n) is 4.49. The van der Waals surface area contributed by atoms with Crippen LogP contribution in [0.4, 0.5) is 5.69 Å². The third-order valence-corrected chi connectivity index (χ3v) is 3.90. The molecule has 0 saturated heterocycles. The third-order valence-electron chi connectivity index (χ3n) is 2.91. The lowest BCUT2D eigenvalue weighted by molar-refractivity contribution is 0.103. The van der Waals surface area contributed by atoms with Crippen molar-refractivity contribution < 1.29 is 9.90 Å². The summed E-state index contributed by atoms with van der Waals surface area (Å²) in [5, 5.41) is 11.6.